The topological polar surface area (TPSA) is 80.7 Å². The highest BCUT2D eigenvalue weighted by Gasteiger charge is 2.38. The van der Waals surface area contributed by atoms with E-state index in [9.17, 15) is 31.9 Å². The monoisotopic (exact) mass is 630 g/mol. The number of carbonyl (C=O) groups is 1. The molecule has 230 valence electrons. The predicted molar refractivity (Wildman–Crippen MR) is 152 cm³/mol. The first-order valence-corrected chi connectivity index (χ1v) is 14.6. The van der Waals surface area contributed by atoms with Crippen molar-refractivity contribution in [3.63, 3.8) is 0 Å². The molecule has 0 saturated carbocycles. The van der Waals surface area contributed by atoms with Crippen molar-refractivity contribution < 1.29 is 41.3 Å². The molecule has 1 saturated heterocycles. The maximum atomic E-state index is 14.0. The number of benzene rings is 3. The Balaban J connectivity index is 1.31. The first-order chi connectivity index (χ1) is 21.2. The number of aliphatic hydroxyl groups is 1. The van der Waals surface area contributed by atoms with Crippen LogP contribution in [0.2, 0.25) is 0 Å². The number of thioether (sulfide) groups is 1. The molecule has 0 spiro atoms. The number of ether oxygens (including phenoxy) is 2. The number of hydrogen-bond donors (Lipinski definition) is 2. The number of rotatable bonds is 9. The van der Waals surface area contributed by atoms with Gasteiger partial charge in [-0.1, -0.05) is 61.5 Å². The molecule has 1 aliphatic heterocycles. The Morgan fingerprint density at radius 3 is 2.07 bits per heavy atom. The Hall–Kier alpha value is -3.84. The van der Waals surface area contributed by atoms with E-state index >= 15 is 0 Å². The summed E-state index contributed by atoms with van der Waals surface area (Å²) >= 11 is 1.56. The highest BCUT2D eigenvalue weighted by molar-refractivity contribution is 7.99. The van der Waals surface area contributed by atoms with Crippen molar-refractivity contribution in [2.45, 2.75) is 43.6 Å². The fraction of sp³-hybridized carbons (Fsp3) is 0.250. The average Bonchev–Trinajstić information content (AvgIpc) is 3.06. The summed E-state index contributed by atoms with van der Waals surface area (Å²) in [6, 6.07) is 19.8. The molecule has 2 heterocycles. The van der Waals surface area contributed by atoms with Gasteiger partial charge < -0.3 is 19.9 Å². The Kier molecular flexibility index (Phi) is 9.94. The van der Waals surface area contributed by atoms with E-state index in [-0.39, 0.29) is 31.3 Å². The number of pyridine rings is 1. The molecule has 4 atom stereocenters. The molecular formula is C32H27F5N2O4S. The molecule has 6 nitrogen and oxygen atoms in total. The second kappa shape index (κ2) is 13.9. The lowest BCUT2D eigenvalue weighted by Gasteiger charge is -2.41. The Morgan fingerprint density at radius 1 is 0.841 bits per heavy atom. The molecule has 1 aromatic heterocycles. The smallest absolute Gasteiger partial charge is 0.257 e. The van der Waals surface area contributed by atoms with Crippen molar-refractivity contribution in [3.05, 3.63) is 130 Å². The third-order valence-electron chi connectivity index (χ3n) is 7.30. The van der Waals surface area contributed by atoms with Gasteiger partial charge in [0.05, 0.1) is 23.8 Å². The van der Waals surface area contributed by atoms with Gasteiger partial charge in [-0.2, -0.15) is 0 Å². The maximum Gasteiger partial charge on any atom is 0.257 e. The molecule has 0 bridgehead atoms. The van der Waals surface area contributed by atoms with E-state index in [1.165, 1.54) is 0 Å². The van der Waals surface area contributed by atoms with Crippen molar-refractivity contribution in [2.24, 2.45) is 5.92 Å². The number of nitrogens with zero attached hydrogens (tertiary/aromatic N) is 1. The van der Waals surface area contributed by atoms with E-state index in [2.05, 4.69) is 10.3 Å². The molecule has 5 rings (SSSR count). The van der Waals surface area contributed by atoms with Gasteiger partial charge in [-0.05, 0) is 28.8 Å². The molecule has 4 unspecified atom stereocenters. The Morgan fingerprint density at radius 2 is 1.45 bits per heavy atom. The highest BCUT2D eigenvalue weighted by Crippen LogP contribution is 2.43. The summed E-state index contributed by atoms with van der Waals surface area (Å²) in [6.07, 6.45) is 0.387. The van der Waals surface area contributed by atoms with E-state index in [0.717, 1.165) is 16.2 Å². The van der Waals surface area contributed by atoms with Crippen molar-refractivity contribution in [1.82, 2.24) is 10.3 Å². The zero-order valence-electron chi connectivity index (χ0n) is 23.3. The molecule has 3 aromatic carbocycles. The third-order valence-corrected chi connectivity index (χ3v) is 8.33. The molecule has 1 amide bonds. The first-order valence-electron chi connectivity index (χ1n) is 13.6. The lowest BCUT2D eigenvalue weighted by Crippen LogP contribution is -2.38. The van der Waals surface area contributed by atoms with Crippen LogP contribution >= 0.6 is 11.8 Å². The number of carbonyl (C=O) groups excluding carboxylic acids is 1. The molecule has 44 heavy (non-hydrogen) atoms. The second-order valence-corrected chi connectivity index (χ2v) is 11.2. The van der Waals surface area contributed by atoms with Gasteiger partial charge in [0.15, 0.2) is 29.6 Å². The highest BCUT2D eigenvalue weighted by atomic mass is 32.2. The van der Waals surface area contributed by atoms with Gasteiger partial charge in [0.1, 0.15) is 5.56 Å². The summed E-state index contributed by atoms with van der Waals surface area (Å²) in [6.45, 7) is 1.72. The molecule has 0 aliphatic carbocycles. The zero-order chi connectivity index (χ0) is 31.4. The molecule has 0 radical (unpaired) electrons. The van der Waals surface area contributed by atoms with Crippen molar-refractivity contribution in [1.29, 1.82) is 0 Å². The van der Waals surface area contributed by atoms with Crippen LogP contribution in [0.3, 0.4) is 0 Å². The predicted octanol–water partition coefficient (Wildman–Crippen LogP) is 6.78. The lowest BCUT2D eigenvalue weighted by molar-refractivity contribution is -0.268. The summed E-state index contributed by atoms with van der Waals surface area (Å²) in [5.74, 6) is -12.0. The van der Waals surface area contributed by atoms with E-state index < -0.39 is 46.8 Å². The van der Waals surface area contributed by atoms with Crippen LogP contribution in [0.5, 0.6) is 0 Å². The molecule has 2 N–H and O–H groups in total. The maximum absolute atomic E-state index is 14.0. The van der Waals surface area contributed by atoms with E-state index in [1.807, 2.05) is 49.4 Å². The van der Waals surface area contributed by atoms with Crippen LogP contribution in [0.4, 0.5) is 22.0 Å². The molecule has 12 heteroatoms. The molecule has 4 aromatic rings. The van der Waals surface area contributed by atoms with Crippen molar-refractivity contribution in [2.75, 3.05) is 5.75 Å². The van der Waals surface area contributed by atoms with Crippen molar-refractivity contribution in [3.8, 4) is 0 Å². The molecular weight excluding hydrogens is 603 g/mol. The summed E-state index contributed by atoms with van der Waals surface area (Å²) in [5.41, 5.74) is 1.30. The number of aromatic nitrogens is 1. The van der Waals surface area contributed by atoms with Gasteiger partial charge in [-0.25, -0.2) is 26.9 Å². The normalized spacial score (nSPS) is 20.0. The molecule has 1 aliphatic rings. The molecule has 1 fully saturated rings. The Labute approximate surface area is 254 Å². The van der Waals surface area contributed by atoms with Gasteiger partial charge in [-0.15, -0.1) is 11.8 Å². The fourth-order valence-electron chi connectivity index (χ4n) is 4.78. The number of aliphatic hydroxyl groups excluding tert-OH is 1. The number of amides is 1. The Bertz CT molecular complexity index is 1580. The number of hydrogen-bond acceptors (Lipinski definition) is 6. The van der Waals surface area contributed by atoms with Gasteiger partial charge in [0, 0.05) is 30.0 Å². The fourth-order valence-corrected chi connectivity index (χ4v) is 5.80. The lowest BCUT2D eigenvalue weighted by atomic mass is 9.91. The van der Waals surface area contributed by atoms with E-state index in [0.29, 0.717) is 16.9 Å². The summed E-state index contributed by atoms with van der Waals surface area (Å²) in [5, 5.41) is 12.5. The number of nitrogens with one attached hydrogen (secondary N) is 1. The van der Waals surface area contributed by atoms with Crippen LogP contribution in [0, 0.1) is 35.0 Å². The summed E-state index contributed by atoms with van der Waals surface area (Å²) in [7, 11) is 0. The van der Waals surface area contributed by atoms with Crippen LogP contribution in [0.25, 0.3) is 0 Å². The van der Waals surface area contributed by atoms with E-state index in [1.54, 1.807) is 42.2 Å². The summed E-state index contributed by atoms with van der Waals surface area (Å²) in [4.78, 5) is 16.7. The van der Waals surface area contributed by atoms with Crippen LogP contribution in [0.1, 0.15) is 51.9 Å². The van der Waals surface area contributed by atoms with Crippen LogP contribution in [-0.4, -0.2) is 27.9 Å². The largest absolute Gasteiger partial charge is 0.392 e. The average molecular weight is 631 g/mol. The quantitative estimate of drug-likeness (QED) is 0.0919. The van der Waals surface area contributed by atoms with Crippen molar-refractivity contribution >= 4 is 17.7 Å². The minimum absolute atomic E-state index is 0.0427. The number of halogens is 5. The summed E-state index contributed by atoms with van der Waals surface area (Å²) < 4.78 is 81.2. The van der Waals surface area contributed by atoms with E-state index in [4.69, 9.17) is 9.47 Å². The standard InChI is InChI=1S/C32H27F5N2O4S/c1-17-22(16-44-23-4-2-3-13-38-23)42-32(43-30(17)20-9-7-19(15-40)8-10-20)21-11-5-18(6-12-21)14-39-31(41)24-25(33)27(35)29(37)28(36)26(24)34/h2-13,17,22,30,32,40H,14-16H2,1H3,(H,39,41). The van der Waals surface area contributed by atoms with Crippen LogP contribution in [0.15, 0.2) is 78.0 Å². The van der Waals surface area contributed by atoms with Gasteiger partial charge >= 0.3 is 0 Å². The minimum atomic E-state index is -2.34. The SMILES string of the molecule is CC1C(CSc2ccccn2)OC(c2ccc(CNC(=O)c3c(F)c(F)c(F)c(F)c3F)cc2)OC1c1ccc(CO)cc1. The van der Waals surface area contributed by atoms with Crippen LogP contribution < -0.4 is 5.32 Å². The first kappa shape index (κ1) is 31.6. The zero-order valence-corrected chi connectivity index (χ0v) is 24.1. The van der Waals surface area contributed by atoms with Gasteiger partial charge in [-0.3, -0.25) is 4.79 Å². The van der Waals surface area contributed by atoms with Gasteiger partial charge in [0.2, 0.25) is 5.82 Å². The van der Waals surface area contributed by atoms with Crippen LogP contribution in [-0.2, 0) is 22.6 Å². The third kappa shape index (κ3) is 6.78. The minimum Gasteiger partial charge on any atom is -0.392 e. The second-order valence-electron chi connectivity index (χ2n) is 10.2. The van der Waals surface area contributed by atoms with Gasteiger partial charge in [0.25, 0.3) is 5.91 Å².